The minimum absolute atomic E-state index is 0.103. The van der Waals surface area contributed by atoms with Gasteiger partial charge < -0.3 is 15.0 Å². The van der Waals surface area contributed by atoms with Gasteiger partial charge in [0.2, 0.25) is 5.91 Å². The molecule has 2 rings (SSSR count). The van der Waals surface area contributed by atoms with E-state index in [0.717, 1.165) is 12.0 Å². The van der Waals surface area contributed by atoms with Crippen molar-refractivity contribution in [2.24, 2.45) is 0 Å². The van der Waals surface area contributed by atoms with Crippen molar-refractivity contribution in [3.8, 4) is 0 Å². The van der Waals surface area contributed by atoms with Gasteiger partial charge in [0.25, 0.3) is 0 Å². The summed E-state index contributed by atoms with van der Waals surface area (Å²) in [6.07, 6.45) is 3.79. The van der Waals surface area contributed by atoms with E-state index in [0.29, 0.717) is 13.1 Å². The molecule has 0 radical (unpaired) electrons. The maximum absolute atomic E-state index is 12.4. The number of fused-ring (bicyclic) bond motifs is 1. The number of aromatic nitrogens is 1. The molecule has 0 saturated heterocycles. The predicted molar refractivity (Wildman–Crippen MR) is 82.2 cm³/mol. The third kappa shape index (κ3) is 4.19. The van der Waals surface area contributed by atoms with Crippen molar-refractivity contribution in [2.75, 3.05) is 6.54 Å². The number of nitrogens with zero attached hydrogens (tertiary/aromatic N) is 2. The number of rotatable bonds is 2. The monoisotopic (exact) mass is 305 g/mol. The van der Waals surface area contributed by atoms with Crippen molar-refractivity contribution < 1.29 is 14.3 Å². The maximum atomic E-state index is 12.4. The van der Waals surface area contributed by atoms with Crippen LogP contribution in [0.4, 0.5) is 4.79 Å². The zero-order valence-corrected chi connectivity index (χ0v) is 13.5. The van der Waals surface area contributed by atoms with E-state index in [9.17, 15) is 9.59 Å². The molecule has 0 unspecified atom stereocenters. The van der Waals surface area contributed by atoms with Gasteiger partial charge in [0.15, 0.2) is 0 Å². The number of alkyl carbamates (subject to hydrolysis) is 1. The van der Waals surface area contributed by atoms with Gasteiger partial charge in [0.05, 0.1) is 0 Å². The van der Waals surface area contributed by atoms with Crippen LogP contribution in [-0.4, -0.2) is 40.1 Å². The second-order valence-electron chi connectivity index (χ2n) is 6.52. The molecule has 22 heavy (non-hydrogen) atoms. The highest BCUT2D eigenvalue weighted by Gasteiger charge is 2.27. The molecule has 1 aliphatic rings. The molecule has 0 saturated carbocycles. The molecule has 0 aliphatic carbocycles. The summed E-state index contributed by atoms with van der Waals surface area (Å²) >= 11 is 0. The Balaban J connectivity index is 1.93. The summed E-state index contributed by atoms with van der Waals surface area (Å²) in [5, 5.41) is 2.59. The number of ether oxygens (including phenoxy) is 1. The fraction of sp³-hybridized carbons (Fsp3) is 0.562. The molecule has 0 spiro atoms. The predicted octanol–water partition coefficient (Wildman–Crippen LogP) is 1.88. The number of hydrogen-bond acceptors (Lipinski definition) is 4. The molecule has 0 bridgehead atoms. The van der Waals surface area contributed by atoms with Crippen LogP contribution in [0.15, 0.2) is 18.5 Å². The van der Waals surface area contributed by atoms with Crippen molar-refractivity contribution in [2.45, 2.75) is 52.3 Å². The van der Waals surface area contributed by atoms with Gasteiger partial charge >= 0.3 is 6.09 Å². The van der Waals surface area contributed by atoms with Gasteiger partial charge in [-0.15, -0.1) is 0 Å². The first-order valence-corrected chi connectivity index (χ1v) is 7.46. The average Bonchev–Trinajstić information content (AvgIpc) is 2.43. The van der Waals surface area contributed by atoms with E-state index in [1.807, 2.05) is 12.3 Å². The molecule has 0 fully saturated rings. The average molecular weight is 305 g/mol. The van der Waals surface area contributed by atoms with Crippen LogP contribution in [0, 0.1) is 0 Å². The molecule has 0 aromatic carbocycles. The fourth-order valence-electron chi connectivity index (χ4n) is 2.38. The number of carbonyl (C=O) groups is 2. The van der Waals surface area contributed by atoms with Crippen molar-refractivity contribution in [1.29, 1.82) is 0 Å². The summed E-state index contributed by atoms with van der Waals surface area (Å²) < 4.78 is 5.17. The Morgan fingerprint density at radius 3 is 2.77 bits per heavy atom. The molecular formula is C16H23N3O3. The number of pyridine rings is 1. The van der Waals surface area contributed by atoms with Gasteiger partial charge in [-0.05, 0) is 51.3 Å². The third-order valence-electron chi connectivity index (χ3n) is 3.43. The summed E-state index contributed by atoms with van der Waals surface area (Å²) in [4.78, 5) is 30.0. The van der Waals surface area contributed by atoms with E-state index in [-0.39, 0.29) is 5.91 Å². The molecule has 1 aliphatic heterocycles. The smallest absolute Gasteiger partial charge is 0.408 e. The van der Waals surface area contributed by atoms with Crippen LogP contribution in [0.5, 0.6) is 0 Å². The second-order valence-corrected chi connectivity index (χ2v) is 6.52. The normalized spacial score (nSPS) is 15.7. The molecule has 6 heteroatoms. The largest absolute Gasteiger partial charge is 0.444 e. The van der Waals surface area contributed by atoms with E-state index < -0.39 is 17.7 Å². The standard InChI is InChI=1S/C16H23N3O3/c1-11(18-15(21)22-16(2,3)4)14(20)19-8-6-12-9-17-7-5-13(12)10-19/h5,7,9,11H,6,8,10H2,1-4H3,(H,18,21)/t11-/m1/s1. The van der Waals surface area contributed by atoms with E-state index >= 15 is 0 Å². The lowest BCUT2D eigenvalue weighted by Crippen LogP contribution is -2.49. The summed E-state index contributed by atoms with van der Waals surface area (Å²) in [7, 11) is 0. The first-order valence-electron chi connectivity index (χ1n) is 7.46. The molecule has 1 atom stereocenters. The summed E-state index contributed by atoms with van der Waals surface area (Å²) in [5.41, 5.74) is 1.71. The first-order chi connectivity index (χ1) is 10.3. The molecule has 6 nitrogen and oxygen atoms in total. The van der Waals surface area contributed by atoms with Gasteiger partial charge in [-0.3, -0.25) is 9.78 Å². The van der Waals surface area contributed by atoms with Gasteiger partial charge in [0, 0.05) is 25.5 Å². The summed E-state index contributed by atoms with van der Waals surface area (Å²) in [6.45, 7) is 8.22. The van der Waals surface area contributed by atoms with Gasteiger partial charge in [-0.1, -0.05) is 0 Å². The lowest BCUT2D eigenvalue weighted by Gasteiger charge is -2.31. The highest BCUT2D eigenvalue weighted by atomic mass is 16.6. The van der Waals surface area contributed by atoms with E-state index in [1.54, 1.807) is 38.8 Å². The van der Waals surface area contributed by atoms with Gasteiger partial charge in [0.1, 0.15) is 11.6 Å². The maximum Gasteiger partial charge on any atom is 0.408 e. The van der Waals surface area contributed by atoms with Crippen LogP contribution in [0.25, 0.3) is 0 Å². The summed E-state index contributed by atoms with van der Waals surface area (Å²) in [5.74, 6) is -0.103. The van der Waals surface area contributed by atoms with Crippen LogP contribution in [0.2, 0.25) is 0 Å². The lowest BCUT2D eigenvalue weighted by atomic mass is 10.0. The topological polar surface area (TPSA) is 71.5 Å². The Labute approximate surface area is 130 Å². The second kappa shape index (κ2) is 6.34. The number of amides is 2. The molecule has 2 heterocycles. The van der Waals surface area contributed by atoms with Crippen LogP contribution in [0.3, 0.4) is 0 Å². The molecule has 1 aromatic heterocycles. The molecular weight excluding hydrogens is 282 g/mol. The zero-order chi connectivity index (χ0) is 16.3. The highest BCUT2D eigenvalue weighted by Crippen LogP contribution is 2.18. The summed E-state index contributed by atoms with van der Waals surface area (Å²) in [6, 6.07) is 1.32. The number of carbonyl (C=O) groups excluding carboxylic acids is 2. The van der Waals surface area contributed by atoms with Crippen LogP contribution in [0.1, 0.15) is 38.8 Å². The number of hydrogen-bond donors (Lipinski definition) is 1. The Morgan fingerprint density at radius 1 is 1.36 bits per heavy atom. The Kier molecular flexibility index (Phi) is 4.68. The van der Waals surface area contributed by atoms with Gasteiger partial charge in [-0.2, -0.15) is 0 Å². The third-order valence-corrected chi connectivity index (χ3v) is 3.43. The van der Waals surface area contributed by atoms with Crippen molar-refractivity contribution in [1.82, 2.24) is 15.2 Å². The van der Waals surface area contributed by atoms with Crippen molar-refractivity contribution >= 4 is 12.0 Å². The quantitative estimate of drug-likeness (QED) is 0.905. The Hall–Kier alpha value is -2.11. The Morgan fingerprint density at radius 2 is 2.09 bits per heavy atom. The van der Waals surface area contributed by atoms with E-state index in [4.69, 9.17) is 4.74 Å². The van der Waals surface area contributed by atoms with Crippen molar-refractivity contribution in [3.05, 3.63) is 29.6 Å². The highest BCUT2D eigenvalue weighted by molar-refractivity contribution is 5.85. The lowest BCUT2D eigenvalue weighted by molar-refractivity contribution is -0.134. The molecule has 2 amide bonds. The van der Waals surface area contributed by atoms with E-state index in [2.05, 4.69) is 10.3 Å². The minimum atomic E-state index is -0.613. The fourth-order valence-corrected chi connectivity index (χ4v) is 2.38. The molecule has 120 valence electrons. The van der Waals surface area contributed by atoms with Crippen LogP contribution >= 0.6 is 0 Å². The van der Waals surface area contributed by atoms with Crippen LogP contribution in [-0.2, 0) is 22.5 Å². The molecule has 1 aromatic rings. The first kappa shape index (κ1) is 16.3. The molecule has 1 N–H and O–H groups in total. The SMILES string of the molecule is C[C@@H](NC(=O)OC(C)(C)C)C(=O)N1CCc2cnccc2C1. The van der Waals surface area contributed by atoms with Crippen molar-refractivity contribution in [3.63, 3.8) is 0 Å². The van der Waals surface area contributed by atoms with Gasteiger partial charge in [-0.25, -0.2) is 4.79 Å². The van der Waals surface area contributed by atoms with E-state index in [1.165, 1.54) is 5.56 Å². The number of nitrogens with one attached hydrogen (secondary N) is 1. The zero-order valence-electron chi connectivity index (χ0n) is 13.5. The van der Waals surface area contributed by atoms with Crippen LogP contribution < -0.4 is 5.32 Å². The minimum Gasteiger partial charge on any atom is -0.444 e. The Bertz CT molecular complexity index is 566.